The first-order valence-electron chi connectivity index (χ1n) is 13.7. The number of aromatic nitrogens is 2. The van der Waals surface area contributed by atoms with E-state index in [4.69, 9.17) is 14.2 Å². The summed E-state index contributed by atoms with van der Waals surface area (Å²) >= 11 is 0. The Bertz CT molecular complexity index is 1360. The first-order chi connectivity index (χ1) is 18.6. The molecule has 2 aromatic heterocycles. The van der Waals surface area contributed by atoms with E-state index in [2.05, 4.69) is 15.3 Å². The van der Waals surface area contributed by atoms with E-state index in [-0.39, 0.29) is 18.0 Å². The molecule has 0 bridgehead atoms. The Morgan fingerprint density at radius 2 is 1.85 bits per heavy atom. The number of likely N-dealkylation sites (tertiary alicyclic amines) is 1. The van der Waals surface area contributed by atoms with Gasteiger partial charge in [0.2, 0.25) is 0 Å². The van der Waals surface area contributed by atoms with Gasteiger partial charge >= 0.3 is 6.09 Å². The third kappa shape index (κ3) is 6.13. The van der Waals surface area contributed by atoms with E-state index < -0.39 is 5.60 Å². The van der Waals surface area contributed by atoms with Crippen LogP contribution in [0, 0.1) is 12.8 Å². The molecular formula is C30H38N4O5. The molecule has 3 aromatic rings. The number of ether oxygens (including phenoxy) is 3. The molecule has 1 aromatic carbocycles. The highest BCUT2D eigenvalue weighted by atomic mass is 16.6. The summed E-state index contributed by atoms with van der Waals surface area (Å²) in [6.07, 6.45) is 5.16. The van der Waals surface area contributed by atoms with Crippen molar-refractivity contribution in [2.75, 3.05) is 26.8 Å². The number of aryl methyl sites for hydroxylation is 1. The zero-order valence-corrected chi connectivity index (χ0v) is 23.4. The van der Waals surface area contributed by atoms with Crippen LogP contribution in [-0.4, -0.2) is 65.3 Å². The Hall–Kier alpha value is -3.75. The van der Waals surface area contributed by atoms with E-state index in [0.717, 1.165) is 33.8 Å². The van der Waals surface area contributed by atoms with Crippen molar-refractivity contribution >= 4 is 23.0 Å². The first kappa shape index (κ1) is 26.8. The standard InChI is InChI=1S/C30H38N4O5/c1-18-25(28(35)33-20-11-14-34(15-12-20)29(36)39-30(2,3)4)27-26(32-18)23(10-13-31-27)22-9-8-21(37-5)16-24(22)38-17-19-6-7-19/h8-10,13,16,19-20,32H,6-7,11-12,14-15,17H2,1-5H3,(H,33,35). The number of fused-ring (bicyclic) bond motifs is 1. The molecule has 39 heavy (non-hydrogen) atoms. The maximum atomic E-state index is 13.5. The van der Waals surface area contributed by atoms with Gasteiger partial charge in [0.05, 0.1) is 24.8 Å². The number of hydrogen-bond donors (Lipinski definition) is 2. The van der Waals surface area contributed by atoms with Crippen molar-refractivity contribution in [2.24, 2.45) is 5.92 Å². The SMILES string of the molecule is COc1ccc(-c2ccnc3c(C(=O)NC4CCN(C(=O)OC(C)(C)C)CC4)c(C)[nH]c23)c(OCC2CC2)c1. The second kappa shape index (κ2) is 10.8. The molecule has 208 valence electrons. The summed E-state index contributed by atoms with van der Waals surface area (Å²) in [5.74, 6) is 1.93. The maximum absolute atomic E-state index is 13.5. The molecule has 9 nitrogen and oxygen atoms in total. The van der Waals surface area contributed by atoms with Gasteiger partial charge in [-0.1, -0.05) is 0 Å². The molecule has 0 radical (unpaired) electrons. The zero-order valence-electron chi connectivity index (χ0n) is 23.4. The number of amides is 2. The monoisotopic (exact) mass is 534 g/mol. The lowest BCUT2D eigenvalue weighted by Crippen LogP contribution is -2.47. The first-order valence-corrected chi connectivity index (χ1v) is 13.7. The summed E-state index contributed by atoms with van der Waals surface area (Å²) in [5, 5.41) is 3.17. The smallest absolute Gasteiger partial charge is 0.410 e. The van der Waals surface area contributed by atoms with Gasteiger partial charge in [-0.05, 0) is 77.5 Å². The predicted molar refractivity (Wildman–Crippen MR) is 149 cm³/mol. The fourth-order valence-electron chi connectivity index (χ4n) is 4.96. The quantitative estimate of drug-likeness (QED) is 0.417. The minimum absolute atomic E-state index is 0.0345. The molecule has 1 saturated carbocycles. The summed E-state index contributed by atoms with van der Waals surface area (Å²) < 4.78 is 17.1. The molecule has 9 heteroatoms. The summed E-state index contributed by atoms with van der Waals surface area (Å²) in [6, 6.07) is 7.73. The molecule has 0 atom stereocenters. The van der Waals surface area contributed by atoms with Crippen LogP contribution in [0.2, 0.25) is 0 Å². The van der Waals surface area contributed by atoms with Crippen molar-refractivity contribution in [1.82, 2.24) is 20.2 Å². The number of pyridine rings is 1. The van der Waals surface area contributed by atoms with Gasteiger partial charge in [-0.25, -0.2) is 4.79 Å². The summed E-state index contributed by atoms with van der Waals surface area (Å²) in [6.45, 7) is 9.22. The molecule has 2 amide bonds. The van der Waals surface area contributed by atoms with Crippen LogP contribution in [0.25, 0.3) is 22.2 Å². The number of nitrogens with one attached hydrogen (secondary N) is 2. The number of H-pyrrole nitrogens is 1. The molecule has 2 N–H and O–H groups in total. The van der Waals surface area contributed by atoms with Crippen molar-refractivity contribution in [2.45, 2.75) is 65.0 Å². The van der Waals surface area contributed by atoms with E-state index in [0.29, 0.717) is 49.5 Å². The fourth-order valence-corrected chi connectivity index (χ4v) is 4.96. The number of hydrogen-bond acceptors (Lipinski definition) is 6. The third-order valence-electron chi connectivity index (χ3n) is 7.23. The van der Waals surface area contributed by atoms with Crippen molar-refractivity contribution in [3.63, 3.8) is 0 Å². The second-order valence-electron chi connectivity index (χ2n) is 11.5. The highest BCUT2D eigenvalue weighted by Crippen LogP contribution is 2.39. The van der Waals surface area contributed by atoms with E-state index in [9.17, 15) is 9.59 Å². The molecule has 1 aliphatic heterocycles. The van der Waals surface area contributed by atoms with Gasteiger partial charge < -0.3 is 29.4 Å². The Labute approximate surface area is 229 Å². The van der Waals surface area contributed by atoms with Gasteiger partial charge in [0, 0.05) is 48.2 Å². The molecule has 0 spiro atoms. The van der Waals surface area contributed by atoms with Crippen molar-refractivity contribution in [3.05, 3.63) is 41.7 Å². The van der Waals surface area contributed by atoms with E-state index >= 15 is 0 Å². The number of carbonyl (C=O) groups is 2. The van der Waals surface area contributed by atoms with Crippen molar-refractivity contribution < 1.29 is 23.8 Å². The Balaban J connectivity index is 1.34. The Morgan fingerprint density at radius 1 is 1.10 bits per heavy atom. The number of carbonyl (C=O) groups excluding carboxylic acids is 2. The molecule has 0 unspecified atom stereocenters. The zero-order chi connectivity index (χ0) is 27.7. The number of aromatic amines is 1. The average Bonchev–Trinajstić information content (AvgIpc) is 3.66. The molecule has 3 heterocycles. The van der Waals surface area contributed by atoms with Crippen molar-refractivity contribution in [1.29, 1.82) is 0 Å². The Morgan fingerprint density at radius 3 is 2.51 bits per heavy atom. The van der Waals surface area contributed by atoms with Crippen LogP contribution in [0.3, 0.4) is 0 Å². The van der Waals surface area contributed by atoms with Crippen LogP contribution in [0.1, 0.15) is 62.5 Å². The lowest BCUT2D eigenvalue weighted by molar-refractivity contribution is 0.0199. The number of methoxy groups -OCH3 is 1. The van der Waals surface area contributed by atoms with E-state index in [1.165, 1.54) is 12.8 Å². The molecule has 2 fully saturated rings. The van der Waals surface area contributed by atoms with E-state index in [1.54, 1.807) is 18.2 Å². The van der Waals surface area contributed by atoms with Gasteiger partial charge in [0.15, 0.2) is 0 Å². The van der Waals surface area contributed by atoms with Gasteiger partial charge in [0.25, 0.3) is 5.91 Å². The number of rotatable bonds is 7. The normalized spacial score (nSPS) is 16.3. The highest BCUT2D eigenvalue weighted by Gasteiger charge is 2.29. The summed E-state index contributed by atoms with van der Waals surface area (Å²) in [4.78, 5) is 35.6. The number of piperidine rings is 1. The molecule has 2 aliphatic rings. The largest absolute Gasteiger partial charge is 0.497 e. The third-order valence-corrected chi connectivity index (χ3v) is 7.23. The van der Waals surface area contributed by atoms with Crippen LogP contribution in [-0.2, 0) is 4.74 Å². The minimum Gasteiger partial charge on any atom is -0.497 e. The van der Waals surface area contributed by atoms with Crippen LogP contribution in [0.5, 0.6) is 11.5 Å². The maximum Gasteiger partial charge on any atom is 0.410 e. The van der Waals surface area contributed by atoms with E-state index in [1.807, 2.05) is 52.0 Å². The molecule has 1 saturated heterocycles. The van der Waals surface area contributed by atoms with Gasteiger partial charge in [-0.3, -0.25) is 9.78 Å². The summed E-state index contributed by atoms with van der Waals surface area (Å²) in [5.41, 5.74) is 4.02. The van der Waals surface area contributed by atoms with Crippen LogP contribution in [0.15, 0.2) is 30.5 Å². The van der Waals surface area contributed by atoms with Crippen LogP contribution in [0.4, 0.5) is 4.79 Å². The van der Waals surface area contributed by atoms with Crippen LogP contribution < -0.4 is 14.8 Å². The average molecular weight is 535 g/mol. The molecule has 5 rings (SSSR count). The van der Waals surface area contributed by atoms with Crippen molar-refractivity contribution in [3.8, 4) is 22.6 Å². The second-order valence-corrected chi connectivity index (χ2v) is 11.5. The topological polar surface area (TPSA) is 106 Å². The van der Waals surface area contributed by atoms with Crippen LogP contribution >= 0.6 is 0 Å². The lowest BCUT2D eigenvalue weighted by atomic mass is 10.0. The fraction of sp³-hybridized carbons (Fsp3) is 0.500. The summed E-state index contributed by atoms with van der Waals surface area (Å²) in [7, 11) is 1.64. The minimum atomic E-state index is -0.531. The molecule has 1 aliphatic carbocycles. The number of nitrogens with zero attached hydrogens (tertiary/aromatic N) is 2. The van der Waals surface area contributed by atoms with Gasteiger partial charge in [-0.15, -0.1) is 0 Å². The van der Waals surface area contributed by atoms with Gasteiger partial charge in [0.1, 0.15) is 22.6 Å². The number of benzene rings is 1. The lowest BCUT2D eigenvalue weighted by Gasteiger charge is -2.33. The van der Waals surface area contributed by atoms with Gasteiger partial charge in [-0.2, -0.15) is 0 Å². The Kier molecular flexibility index (Phi) is 7.42. The predicted octanol–water partition coefficient (Wildman–Crippen LogP) is 5.47. The molecular weight excluding hydrogens is 496 g/mol. The highest BCUT2D eigenvalue weighted by molar-refractivity contribution is 6.09.